The topological polar surface area (TPSA) is 45.2 Å². The van der Waals surface area contributed by atoms with Crippen LogP contribution >= 0.6 is 23.1 Å². The first-order chi connectivity index (χ1) is 14.1. The molecule has 2 aromatic carbocycles. The summed E-state index contributed by atoms with van der Waals surface area (Å²) in [6.45, 7) is 2.71. The Bertz CT molecular complexity index is 908. The molecule has 1 atom stereocenters. The number of amides is 1. The molecule has 0 fully saturated rings. The van der Waals surface area contributed by atoms with Crippen molar-refractivity contribution in [2.24, 2.45) is 0 Å². The monoisotopic (exact) mass is 425 g/mol. The number of hydrogen-bond acceptors (Lipinski definition) is 5. The lowest BCUT2D eigenvalue weighted by molar-refractivity contribution is 0.0939. The quantitative estimate of drug-likeness (QED) is 0.488. The van der Waals surface area contributed by atoms with Crippen molar-refractivity contribution in [3.63, 3.8) is 0 Å². The van der Waals surface area contributed by atoms with E-state index in [4.69, 9.17) is 0 Å². The Hall–Kier alpha value is -2.15. The Labute approximate surface area is 181 Å². The van der Waals surface area contributed by atoms with Crippen molar-refractivity contribution in [3.8, 4) is 0 Å². The van der Waals surface area contributed by atoms with Gasteiger partial charge in [0.15, 0.2) is 0 Å². The van der Waals surface area contributed by atoms with Gasteiger partial charge in [-0.3, -0.25) is 4.79 Å². The summed E-state index contributed by atoms with van der Waals surface area (Å²) in [6, 6.07) is 16.5. The molecule has 1 N–H and O–H groups in total. The molecule has 152 valence electrons. The number of thiazole rings is 1. The number of nitrogens with zero attached hydrogens (tertiary/aromatic N) is 2. The van der Waals surface area contributed by atoms with Crippen LogP contribution in [0.1, 0.15) is 40.1 Å². The van der Waals surface area contributed by atoms with Crippen LogP contribution in [-0.4, -0.2) is 36.4 Å². The molecule has 0 radical (unpaired) electrons. The minimum absolute atomic E-state index is 0.0385. The van der Waals surface area contributed by atoms with E-state index < -0.39 is 0 Å². The van der Waals surface area contributed by atoms with Gasteiger partial charge in [0.2, 0.25) is 0 Å². The molecular formula is C23H27N3OS2. The molecule has 4 nitrogen and oxygen atoms in total. The van der Waals surface area contributed by atoms with E-state index in [1.807, 2.05) is 49.3 Å². The summed E-state index contributed by atoms with van der Waals surface area (Å²) in [4.78, 5) is 20.4. The maximum atomic E-state index is 12.9. The first-order valence-electron chi connectivity index (χ1n) is 9.70. The van der Waals surface area contributed by atoms with Crippen molar-refractivity contribution in [1.82, 2.24) is 15.2 Å². The van der Waals surface area contributed by atoms with Crippen molar-refractivity contribution >= 4 is 29.0 Å². The fourth-order valence-electron chi connectivity index (χ4n) is 3.10. The lowest BCUT2D eigenvalue weighted by atomic mass is 10.0. The van der Waals surface area contributed by atoms with Gasteiger partial charge in [-0.15, -0.1) is 23.1 Å². The molecule has 1 heterocycles. The summed E-state index contributed by atoms with van der Waals surface area (Å²) in [5, 5.41) is 5.18. The van der Waals surface area contributed by atoms with Crippen LogP contribution in [0.15, 0.2) is 64.3 Å². The summed E-state index contributed by atoms with van der Waals surface area (Å²) in [7, 11) is 4.09. The van der Waals surface area contributed by atoms with E-state index in [1.54, 1.807) is 23.1 Å². The molecule has 1 unspecified atom stereocenters. The Morgan fingerprint density at radius 2 is 1.93 bits per heavy atom. The molecule has 0 spiro atoms. The van der Waals surface area contributed by atoms with E-state index in [1.165, 1.54) is 11.1 Å². The molecule has 0 saturated carbocycles. The standard InChI is InChI=1S/C23H27N3OS2/c1-4-17-9-11-18(12-10-17)21(26(2)3)13-24-23(27)20-7-5-6-8-22(20)29-15-19-14-28-16-25-19/h5-12,14,16,21H,4,13,15H2,1-3H3,(H,24,27). The highest BCUT2D eigenvalue weighted by atomic mass is 32.2. The minimum atomic E-state index is -0.0385. The normalized spacial score (nSPS) is 12.1. The third kappa shape index (κ3) is 5.92. The number of nitrogens with one attached hydrogen (secondary N) is 1. The van der Waals surface area contributed by atoms with E-state index in [-0.39, 0.29) is 11.9 Å². The third-order valence-electron chi connectivity index (χ3n) is 4.84. The Kier molecular flexibility index (Phi) is 7.86. The molecule has 0 aliphatic carbocycles. The second-order valence-electron chi connectivity index (χ2n) is 7.05. The molecule has 3 rings (SSSR count). The van der Waals surface area contributed by atoms with Crippen molar-refractivity contribution in [2.75, 3.05) is 20.6 Å². The van der Waals surface area contributed by atoms with Crippen molar-refractivity contribution in [3.05, 3.63) is 81.8 Å². The largest absolute Gasteiger partial charge is 0.350 e. The first-order valence-corrected chi connectivity index (χ1v) is 11.6. The minimum Gasteiger partial charge on any atom is -0.350 e. The van der Waals surface area contributed by atoms with Crippen LogP contribution in [0.4, 0.5) is 0 Å². The van der Waals surface area contributed by atoms with Gasteiger partial charge >= 0.3 is 0 Å². The van der Waals surface area contributed by atoms with Gasteiger partial charge in [-0.25, -0.2) is 4.98 Å². The third-order valence-corrected chi connectivity index (χ3v) is 6.59. The molecule has 1 amide bonds. The van der Waals surface area contributed by atoms with Crippen LogP contribution in [0, 0.1) is 0 Å². The fourth-order valence-corrected chi connectivity index (χ4v) is 4.72. The fraction of sp³-hybridized carbons (Fsp3) is 0.304. The van der Waals surface area contributed by atoms with Crippen LogP contribution in [-0.2, 0) is 12.2 Å². The molecule has 29 heavy (non-hydrogen) atoms. The maximum Gasteiger partial charge on any atom is 0.252 e. The summed E-state index contributed by atoms with van der Waals surface area (Å²) >= 11 is 3.24. The summed E-state index contributed by atoms with van der Waals surface area (Å²) < 4.78 is 0. The number of aryl methyl sites for hydroxylation is 1. The van der Waals surface area contributed by atoms with Gasteiger partial charge in [-0.2, -0.15) is 0 Å². The number of rotatable bonds is 9. The maximum absolute atomic E-state index is 12.9. The van der Waals surface area contributed by atoms with E-state index in [2.05, 4.69) is 46.4 Å². The zero-order chi connectivity index (χ0) is 20.6. The smallest absolute Gasteiger partial charge is 0.252 e. The molecule has 1 aromatic heterocycles. The van der Waals surface area contributed by atoms with Crippen molar-refractivity contribution in [1.29, 1.82) is 0 Å². The average Bonchev–Trinajstić information content (AvgIpc) is 3.26. The van der Waals surface area contributed by atoms with Gasteiger partial charge < -0.3 is 10.2 Å². The predicted molar refractivity (Wildman–Crippen MR) is 123 cm³/mol. The summed E-state index contributed by atoms with van der Waals surface area (Å²) in [5.41, 5.74) is 6.12. The van der Waals surface area contributed by atoms with Crippen molar-refractivity contribution in [2.45, 2.75) is 30.0 Å². The molecule has 0 aliphatic heterocycles. The first kappa shape index (κ1) is 21.6. The zero-order valence-corrected chi connectivity index (χ0v) is 18.7. The van der Waals surface area contributed by atoms with Gasteiger partial charge in [0.05, 0.1) is 22.8 Å². The summed E-state index contributed by atoms with van der Waals surface area (Å²) in [6.07, 6.45) is 1.03. The molecule has 0 aliphatic rings. The number of carbonyl (C=O) groups is 1. The SMILES string of the molecule is CCc1ccc(C(CNC(=O)c2ccccc2SCc2cscn2)N(C)C)cc1. The molecule has 0 bridgehead atoms. The van der Waals surface area contributed by atoms with Gasteiger partial charge in [0.1, 0.15) is 0 Å². The molecule has 0 saturated heterocycles. The average molecular weight is 426 g/mol. The van der Waals surface area contributed by atoms with Gasteiger partial charge in [-0.1, -0.05) is 43.3 Å². The number of thioether (sulfide) groups is 1. The van der Waals surface area contributed by atoms with Crippen LogP contribution < -0.4 is 5.32 Å². The van der Waals surface area contributed by atoms with Gasteiger partial charge in [-0.05, 0) is 43.8 Å². The number of hydrogen-bond donors (Lipinski definition) is 1. The summed E-state index contributed by atoms with van der Waals surface area (Å²) in [5.74, 6) is 0.723. The van der Waals surface area contributed by atoms with E-state index in [9.17, 15) is 4.79 Å². The second kappa shape index (κ2) is 10.6. The highest BCUT2D eigenvalue weighted by Crippen LogP contribution is 2.26. The van der Waals surface area contributed by atoms with Gasteiger partial charge in [0, 0.05) is 22.6 Å². The Balaban J connectivity index is 1.67. The van der Waals surface area contributed by atoms with Crippen LogP contribution in [0.25, 0.3) is 0 Å². The molecule has 6 heteroatoms. The lowest BCUT2D eigenvalue weighted by Crippen LogP contribution is -2.34. The zero-order valence-electron chi connectivity index (χ0n) is 17.1. The van der Waals surface area contributed by atoms with Crippen LogP contribution in [0.2, 0.25) is 0 Å². The van der Waals surface area contributed by atoms with E-state index >= 15 is 0 Å². The van der Waals surface area contributed by atoms with E-state index in [0.29, 0.717) is 12.1 Å². The van der Waals surface area contributed by atoms with Crippen LogP contribution in [0.5, 0.6) is 0 Å². The highest BCUT2D eigenvalue weighted by Gasteiger charge is 2.17. The van der Waals surface area contributed by atoms with Gasteiger partial charge in [0.25, 0.3) is 5.91 Å². The number of carbonyl (C=O) groups excluding carboxylic acids is 1. The number of aromatic nitrogens is 1. The molecular weight excluding hydrogens is 398 g/mol. The lowest BCUT2D eigenvalue weighted by Gasteiger charge is -2.25. The number of likely N-dealkylation sites (N-methyl/N-ethyl adjacent to an activating group) is 1. The van der Waals surface area contributed by atoms with Crippen molar-refractivity contribution < 1.29 is 4.79 Å². The Morgan fingerprint density at radius 3 is 2.59 bits per heavy atom. The van der Waals surface area contributed by atoms with E-state index in [0.717, 1.165) is 22.8 Å². The highest BCUT2D eigenvalue weighted by molar-refractivity contribution is 7.98. The van der Waals surface area contributed by atoms with Crippen LogP contribution in [0.3, 0.4) is 0 Å². The predicted octanol–water partition coefficient (Wildman–Crippen LogP) is 5.03. The molecule has 3 aromatic rings. The number of benzene rings is 2. The Morgan fingerprint density at radius 1 is 1.17 bits per heavy atom. The second-order valence-corrected chi connectivity index (χ2v) is 8.79.